The molecule has 0 fully saturated rings. The number of carbonyl (C=O) groups is 2. The van der Waals surface area contributed by atoms with E-state index in [1.807, 2.05) is 0 Å². The molecule has 5 rings (SSSR count). The fourth-order valence-electron chi connectivity index (χ4n) is 4.80. The van der Waals surface area contributed by atoms with Crippen LogP contribution in [-0.4, -0.2) is 39.1 Å². The van der Waals surface area contributed by atoms with E-state index < -0.39 is 24.0 Å². The molecule has 1 heterocycles. The summed E-state index contributed by atoms with van der Waals surface area (Å²) < 4.78 is 6.56. The number of hydrogen-bond acceptors (Lipinski definition) is 7. The van der Waals surface area contributed by atoms with Crippen molar-refractivity contribution >= 4 is 92.9 Å². The minimum atomic E-state index is -1.23. The number of ether oxygens (including phenoxy) is 1. The molecule has 266 valence electrons. The zero-order chi connectivity index (χ0) is 37.4. The van der Waals surface area contributed by atoms with Gasteiger partial charge in [-0.3, -0.25) is 5.43 Å². The SMILES string of the molecule is CCOC(=O)/C(=N\Nc1ccc(Cl)cc1Cl)C(C)C([O-])c1ccc(Cl)cc1.Cc1c(C(=O)O)nn(-c2ccc(Cl)cc2Cl)c1-c1ccc(Cl)cc1.[Li+]. The van der Waals surface area contributed by atoms with E-state index in [-0.39, 0.29) is 36.9 Å². The number of carboxylic acids is 1. The molecule has 0 aliphatic rings. The van der Waals surface area contributed by atoms with Crippen LogP contribution in [0.5, 0.6) is 0 Å². The summed E-state index contributed by atoms with van der Waals surface area (Å²) in [4.78, 5) is 23.8. The minimum absolute atomic E-state index is 0. The molecule has 9 nitrogen and oxygen atoms in total. The number of anilines is 1. The molecule has 16 heteroatoms. The fraction of sp³-hybridized carbons (Fsp3) is 0.167. The molecular weight excluding hydrogens is 788 g/mol. The van der Waals surface area contributed by atoms with Gasteiger partial charge in [-0.05, 0) is 80.4 Å². The number of rotatable bonds is 10. The molecule has 2 atom stereocenters. The van der Waals surface area contributed by atoms with Crippen molar-refractivity contribution < 1.29 is 43.4 Å². The molecule has 0 radical (unpaired) electrons. The normalized spacial score (nSPS) is 12.2. The molecule has 2 N–H and O–H groups in total. The topological polar surface area (TPSA) is 129 Å². The van der Waals surface area contributed by atoms with E-state index in [4.69, 9.17) is 74.3 Å². The Morgan fingerprint density at radius 3 is 1.94 bits per heavy atom. The quantitative estimate of drug-likeness (QED) is 0.0659. The third-order valence-electron chi connectivity index (χ3n) is 7.38. The number of benzene rings is 4. The van der Waals surface area contributed by atoms with E-state index in [1.54, 1.807) is 106 Å². The molecular formula is C36H29Cl6LiN4O5. The number of hydrogen-bond donors (Lipinski definition) is 2. The summed E-state index contributed by atoms with van der Waals surface area (Å²) in [5, 5.41) is 33.3. The first-order valence-electron chi connectivity index (χ1n) is 15.1. The Morgan fingerprint density at radius 1 is 0.865 bits per heavy atom. The largest absolute Gasteiger partial charge is 1.00 e. The van der Waals surface area contributed by atoms with Gasteiger partial charge in [0.15, 0.2) is 5.69 Å². The summed E-state index contributed by atoms with van der Waals surface area (Å²) in [5.41, 5.74) is 6.08. The smallest absolute Gasteiger partial charge is 0.848 e. The molecule has 0 spiro atoms. The number of aromatic nitrogens is 2. The molecule has 0 amide bonds. The van der Waals surface area contributed by atoms with Crippen molar-refractivity contribution in [3.63, 3.8) is 0 Å². The Kier molecular flexibility index (Phi) is 16.4. The number of carboxylic acid groups (broad SMARTS) is 1. The van der Waals surface area contributed by atoms with Crippen LogP contribution in [0.15, 0.2) is 90.0 Å². The van der Waals surface area contributed by atoms with Gasteiger partial charge in [0.25, 0.3) is 0 Å². The first kappa shape index (κ1) is 43.2. The minimum Gasteiger partial charge on any atom is -0.848 e. The molecule has 0 aliphatic heterocycles. The third-order valence-corrected chi connectivity index (χ3v) is 8.97. The van der Waals surface area contributed by atoms with Crippen molar-refractivity contribution in [1.29, 1.82) is 0 Å². The van der Waals surface area contributed by atoms with Crippen molar-refractivity contribution in [3.05, 3.63) is 132 Å². The van der Waals surface area contributed by atoms with E-state index in [0.717, 1.165) is 5.56 Å². The summed E-state index contributed by atoms with van der Waals surface area (Å²) >= 11 is 36.0. The molecule has 0 saturated heterocycles. The van der Waals surface area contributed by atoms with Gasteiger partial charge in [0, 0.05) is 31.2 Å². The van der Waals surface area contributed by atoms with E-state index in [2.05, 4.69) is 15.6 Å². The first-order chi connectivity index (χ1) is 24.2. The van der Waals surface area contributed by atoms with Crippen LogP contribution in [0.25, 0.3) is 16.9 Å². The molecule has 52 heavy (non-hydrogen) atoms. The second-order valence-electron chi connectivity index (χ2n) is 10.9. The van der Waals surface area contributed by atoms with Crippen LogP contribution in [0.4, 0.5) is 5.69 Å². The summed E-state index contributed by atoms with van der Waals surface area (Å²) in [7, 11) is 0. The van der Waals surface area contributed by atoms with Gasteiger partial charge in [-0.2, -0.15) is 10.2 Å². The Hall–Kier alpha value is -3.20. The van der Waals surface area contributed by atoms with Crippen LogP contribution in [-0.2, 0) is 9.53 Å². The predicted molar refractivity (Wildman–Crippen MR) is 203 cm³/mol. The Morgan fingerprint density at radius 2 is 1.40 bits per heavy atom. The van der Waals surface area contributed by atoms with Gasteiger partial charge < -0.3 is 14.9 Å². The fourth-order valence-corrected chi connectivity index (χ4v) is 5.99. The molecule has 1 aromatic heterocycles. The summed E-state index contributed by atoms with van der Waals surface area (Å²) in [5.74, 6) is -2.53. The zero-order valence-corrected chi connectivity index (χ0v) is 32.7. The standard InChI is InChI=1S/C19H18Cl3N2O3.C17H11Cl3N2O2.Li/c1-3-27-19(26)17(24-23-16-9-8-14(21)10-15(16)22)11(2)18(25)12-4-6-13(20)7-5-12;1-9-15(17(23)24)21-22(14-7-6-12(19)8-13(14)20)16(9)10-2-4-11(18)5-3-10;/h4-11,18,23H,3H2,1-2H3;2-8H,1H3,(H,23,24);/q-1;;+1/b24-17-;;. The van der Waals surface area contributed by atoms with Gasteiger partial charge >= 0.3 is 30.8 Å². The number of halogens is 6. The Labute approximate surface area is 342 Å². The van der Waals surface area contributed by atoms with Crippen molar-refractivity contribution in [2.45, 2.75) is 26.9 Å². The average Bonchev–Trinajstić information content (AvgIpc) is 3.43. The maximum absolute atomic E-state index is 12.8. The number of esters is 1. The molecule has 0 saturated carbocycles. The number of carbonyl (C=O) groups excluding carboxylic acids is 1. The average molecular weight is 817 g/mol. The maximum Gasteiger partial charge on any atom is 1.00 e. The van der Waals surface area contributed by atoms with Crippen LogP contribution in [0.1, 0.15) is 41.6 Å². The van der Waals surface area contributed by atoms with Crippen LogP contribution >= 0.6 is 69.6 Å². The second-order valence-corrected chi connectivity index (χ2v) is 13.4. The Balaban J connectivity index is 0.000000277. The molecule has 2 unspecified atom stereocenters. The van der Waals surface area contributed by atoms with Gasteiger partial charge in [-0.15, -0.1) is 0 Å². The van der Waals surface area contributed by atoms with Crippen LogP contribution < -0.4 is 29.4 Å². The predicted octanol–water partition coefficient (Wildman–Crippen LogP) is 7.23. The van der Waals surface area contributed by atoms with Gasteiger partial charge in [0.05, 0.1) is 33.7 Å². The van der Waals surface area contributed by atoms with E-state index in [0.29, 0.717) is 58.3 Å². The van der Waals surface area contributed by atoms with E-state index in [9.17, 15) is 19.8 Å². The van der Waals surface area contributed by atoms with Gasteiger partial charge in [0.2, 0.25) is 0 Å². The maximum atomic E-state index is 12.8. The molecule has 0 aliphatic carbocycles. The van der Waals surface area contributed by atoms with Crippen LogP contribution in [0, 0.1) is 12.8 Å². The van der Waals surface area contributed by atoms with Crippen molar-refractivity contribution in [1.82, 2.24) is 9.78 Å². The van der Waals surface area contributed by atoms with E-state index in [1.165, 1.54) is 4.68 Å². The van der Waals surface area contributed by atoms with Crippen molar-refractivity contribution in [2.75, 3.05) is 12.0 Å². The number of nitrogens with one attached hydrogen (secondary N) is 1. The van der Waals surface area contributed by atoms with Crippen LogP contribution in [0.2, 0.25) is 30.1 Å². The molecule has 4 aromatic carbocycles. The molecule has 0 bridgehead atoms. The van der Waals surface area contributed by atoms with Crippen molar-refractivity contribution in [3.8, 4) is 16.9 Å². The van der Waals surface area contributed by atoms with Gasteiger partial charge in [0.1, 0.15) is 5.71 Å². The third kappa shape index (κ3) is 10.9. The van der Waals surface area contributed by atoms with Gasteiger partial charge in [-0.1, -0.05) is 112 Å². The van der Waals surface area contributed by atoms with E-state index >= 15 is 0 Å². The summed E-state index contributed by atoms with van der Waals surface area (Å²) in [6.45, 7) is 5.17. The van der Waals surface area contributed by atoms with Crippen LogP contribution in [0.3, 0.4) is 0 Å². The van der Waals surface area contributed by atoms with Crippen molar-refractivity contribution in [2.24, 2.45) is 11.0 Å². The Bertz CT molecular complexity index is 2060. The monoisotopic (exact) mass is 814 g/mol. The van der Waals surface area contributed by atoms with Gasteiger partial charge in [-0.25, -0.2) is 14.3 Å². The first-order valence-corrected chi connectivity index (χ1v) is 17.4. The number of aromatic carboxylic acids is 1. The summed E-state index contributed by atoms with van der Waals surface area (Å²) in [6.07, 6.45) is -1.23. The number of nitrogens with zero attached hydrogens (tertiary/aromatic N) is 3. The number of hydrazone groups is 1. The second kappa shape index (κ2) is 19.8. The molecule has 5 aromatic rings. The summed E-state index contributed by atoms with van der Waals surface area (Å²) in [6, 6.07) is 23.3. The zero-order valence-electron chi connectivity index (χ0n) is 28.1.